The van der Waals surface area contributed by atoms with Gasteiger partial charge < -0.3 is 0 Å². The Bertz CT molecular complexity index is 121. The second-order valence-electron chi connectivity index (χ2n) is 2.43. The number of halogens is 4. The molecule has 0 N–H and O–H groups in total. The molecule has 1 aliphatic rings. The van der Waals surface area contributed by atoms with Gasteiger partial charge in [-0.25, -0.2) is 0 Å². The van der Waals surface area contributed by atoms with Crippen LogP contribution in [0.2, 0.25) is 3.97 Å². The summed E-state index contributed by atoms with van der Waals surface area (Å²) in [6.07, 6.45) is 3.16. The fraction of sp³-hybridized carbons (Fsp3) is 1.00. The molecule has 0 heterocycles. The van der Waals surface area contributed by atoms with Crippen LogP contribution in [0.25, 0.3) is 0 Å². The SMILES string of the molecule is Cl[C@@H]1CCC[C@H]1[Te](Cl)(Cl)Cl. The van der Waals surface area contributed by atoms with Crippen LogP contribution in [-0.4, -0.2) is 20.2 Å². The van der Waals surface area contributed by atoms with E-state index in [1.807, 2.05) is 0 Å². The van der Waals surface area contributed by atoms with Crippen molar-refractivity contribution in [1.82, 2.24) is 0 Å². The number of rotatable bonds is 1. The number of alkyl halides is 1. The summed E-state index contributed by atoms with van der Waals surface area (Å²) in [5, 5.41) is 0.133. The molecule has 0 bridgehead atoms. The molecule has 5 heteroatoms. The Morgan fingerprint density at radius 2 is 1.70 bits per heavy atom. The minimum atomic E-state index is -3.00. The Morgan fingerprint density at radius 3 is 1.90 bits per heavy atom. The van der Waals surface area contributed by atoms with E-state index in [0.717, 1.165) is 19.3 Å². The van der Waals surface area contributed by atoms with Gasteiger partial charge in [-0.2, -0.15) is 0 Å². The Hall–Kier alpha value is 1.95. The van der Waals surface area contributed by atoms with Crippen molar-refractivity contribution in [3.8, 4) is 0 Å². The van der Waals surface area contributed by atoms with Crippen molar-refractivity contribution in [2.45, 2.75) is 28.6 Å². The Balaban J connectivity index is 2.55. The first-order chi connectivity index (χ1) is 4.52. The number of hydrogen-bond acceptors (Lipinski definition) is 0. The van der Waals surface area contributed by atoms with Gasteiger partial charge in [0.25, 0.3) is 0 Å². The summed E-state index contributed by atoms with van der Waals surface area (Å²) in [5.41, 5.74) is 0. The molecular formula is C5H8Cl4Te. The molecule has 0 aromatic rings. The van der Waals surface area contributed by atoms with E-state index in [-0.39, 0.29) is 9.34 Å². The van der Waals surface area contributed by atoms with E-state index < -0.39 is 14.8 Å². The molecule has 1 aliphatic carbocycles. The maximum absolute atomic E-state index is 5.96. The molecule has 0 nitrogen and oxygen atoms in total. The van der Waals surface area contributed by atoms with E-state index in [9.17, 15) is 0 Å². The average Bonchev–Trinajstić information content (AvgIpc) is 2.11. The second-order valence-corrected chi connectivity index (χ2v) is 20.2. The van der Waals surface area contributed by atoms with E-state index in [0.29, 0.717) is 0 Å². The summed E-state index contributed by atoms with van der Waals surface area (Å²) in [4.78, 5) is 0. The quantitative estimate of drug-likeness (QED) is 0.504. The fourth-order valence-electron chi connectivity index (χ4n) is 1.18. The molecule has 10 heavy (non-hydrogen) atoms. The molecule has 0 spiro atoms. The molecule has 0 unspecified atom stereocenters. The molecule has 0 radical (unpaired) electrons. The van der Waals surface area contributed by atoms with Crippen molar-refractivity contribution in [2.75, 3.05) is 0 Å². The van der Waals surface area contributed by atoms with E-state index in [1.165, 1.54) is 0 Å². The van der Waals surface area contributed by atoms with Crippen molar-refractivity contribution < 1.29 is 0 Å². The van der Waals surface area contributed by atoms with Crippen molar-refractivity contribution in [1.29, 1.82) is 0 Å². The van der Waals surface area contributed by atoms with Crippen LogP contribution in [-0.2, 0) is 0 Å². The zero-order chi connectivity index (χ0) is 7.78. The van der Waals surface area contributed by atoms with Gasteiger partial charge in [-0.05, 0) is 0 Å². The molecule has 0 aromatic heterocycles. The number of hydrogen-bond donors (Lipinski definition) is 0. The van der Waals surface area contributed by atoms with Gasteiger partial charge in [-0.15, -0.1) is 0 Å². The van der Waals surface area contributed by atoms with Crippen LogP contribution < -0.4 is 0 Å². The molecule has 0 amide bonds. The molecule has 1 rings (SSSR count). The van der Waals surface area contributed by atoms with Crippen molar-refractivity contribution in [2.24, 2.45) is 0 Å². The van der Waals surface area contributed by atoms with Gasteiger partial charge in [0.2, 0.25) is 0 Å². The molecule has 1 fully saturated rings. The standard InChI is InChI=1S/C5H8Cl4Te/c6-4-2-1-3-5(4)10(7,8)9/h4-5H,1-3H2/t4-,5-/m1/s1. The predicted octanol–water partition coefficient (Wildman–Crippen LogP) is 3.80. The van der Waals surface area contributed by atoms with Crippen LogP contribution in [0, 0.1) is 0 Å². The molecule has 2 atom stereocenters. The van der Waals surface area contributed by atoms with E-state index in [2.05, 4.69) is 0 Å². The van der Waals surface area contributed by atoms with Crippen LogP contribution in [0.4, 0.5) is 0 Å². The van der Waals surface area contributed by atoms with Gasteiger partial charge in [-0.3, -0.25) is 0 Å². The first-order valence-corrected chi connectivity index (χ1v) is 13.7. The molecule has 1 saturated carbocycles. The minimum absolute atomic E-state index is 0.133. The molecular weight excluding hydrogens is 329 g/mol. The van der Waals surface area contributed by atoms with Gasteiger partial charge in [0.1, 0.15) is 0 Å². The molecule has 0 saturated heterocycles. The van der Waals surface area contributed by atoms with Crippen LogP contribution in [0.15, 0.2) is 0 Å². The zero-order valence-corrected chi connectivity index (χ0v) is 10.6. The van der Waals surface area contributed by atoms with Crippen molar-refractivity contribution in [3.05, 3.63) is 0 Å². The summed E-state index contributed by atoms with van der Waals surface area (Å²) >= 11 is 2.96. The first-order valence-electron chi connectivity index (χ1n) is 3.07. The monoisotopic (exact) mass is 338 g/mol. The predicted molar refractivity (Wildman–Crippen MR) is 50.6 cm³/mol. The maximum atomic E-state index is 5.96. The average molecular weight is 338 g/mol. The second kappa shape index (κ2) is 3.77. The summed E-state index contributed by atoms with van der Waals surface area (Å²) in [5.74, 6) is 0. The van der Waals surface area contributed by atoms with Crippen LogP contribution >= 0.6 is 38.5 Å². The molecule has 0 aromatic carbocycles. The van der Waals surface area contributed by atoms with Crippen molar-refractivity contribution >= 4 is 53.3 Å². The van der Waals surface area contributed by atoms with E-state index >= 15 is 0 Å². The summed E-state index contributed by atoms with van der Waals surface area (Å²) in [6, 6.07) is 0. The third-order valence-electron chi connectivity index (χ3n) is 1.72. The Morgan fingerprint density at radius 1 is 1.10 bits per heavy atom. The molecule has 0 aliphatic heterocycles. The summed E-state index contributed by atoms with van der Waals surface area (Å²) < 4.78 is 0.231. The van der Waals surface area contributed by atoms with E-state index in [4.69, 9.17) is 38.5 Å². The third-order valence-corrected chi connectivity index (χ3v) is 10.9. The topological polar surface area (TPSA) is 0 Å². The van der Waals surface area contributed by atoms with E-state index in [1.54, 1.807) is 0 Å². The van der Waals surface area contributed by atoms with Crippen LogP contribution in [0.3, 0.4) is 0 Å². The zero-order valence-electron chi connectivity index (χ0n) is 5.20. The molecule has 62 valence electrons. The summed E-state index contributed by atoms with van der Waals surface area (Å²) in [7, 11) is 17.6. The Labute approximate surface area is 81.2 Å². The van der Waals surface area contributed by atoms with Gasteiger partial charge in [0, 0.05) is 0 Å². The van der Waals surface area contributed by atoms with Crippen LogP contribution in [0.1, 0.15) is 19.3 Å². The van der Waals surface area contributed by atoms with Gasteiger partial charge in [0.05, 0.1) is 0 Å². The van der Waals surface area contributed by atoms with Gasteiger partial charge in [0.15, 0.2) is 0 Å². The fourth-order valence-corrected chi connectivity index (χ4v) is 10.4. The van der Waals surface area contributed by atoms with Crippen LogP contribution in [0.5, 0.6) is 0 Å². The van der Waals surface area contributed by atoms with Crippen molar-refractivity contribution in [3.63, 3.8) is 0 Å². The van der Waals surface area contributed by atoms with Gasteiger partial charge >= 0.3 is 81.9 Å². The summed E-state index contributed by atoms with van der Waals surface area (Å²) in [6.45, 7) is 0. The Kier molecular flexibility index (Phi) is 3.79. The van der Waals surface area contributed by atoms with Gasteiger partial charge in [-0.1, -0.05) is 0 Å². The normalized spacial score (nSPS) is 36.4. The third kappa shape index (κ3) is 2.47. The first kappa shape index (κ1) is 10.0.